The molecule has 1 heterocycles. The summed E-state index contributed by atoms with van der Waals surface area (Å²) in [5.74, 6) is -0.312. The SMILES string of the molecule is COc1ccc(OC)c(C(=O)COC(=O)C[C@@H]2c3ccccc3C=CN2C(C)=O)c1. The number of nitrogens with zero attached hydrogens (tertiary/aromatic N) is 1. The van der Waals surface area contributed by atoms with Crippen LogP contribution in [0.4, 0.5) is 0 Å². The lowest BCUT2D eigenvalue weighted by molar-refractivity contribution is -0.144. The van der Waals surface area contributed by atoms with Crippen LogP contribution in [0.25, 0.3) is 6.08 Å². The van der Waals surface area contributed by atoms with Crippen LogP contribution in [0.2, 0.25) is 0 Å². The fourth-order valence-corrected chi connectivity index (χ4v) is 3.39. The Morgan fingerprint density at radius 3 is 2.50 bits per heavy atom. The summed E-state index contributed by atoms with van der Waals surface area (Å²) in [6.07, 6.45) is 3.43. The van der Waals surface area contributed by atoms with E-state index in [4.69, 9.17) is 14.2 Å². The van der Waals surface area contributed by atoms with Gasteiger partial charge >= 0.3 is 5.97 Å². The summed E-state index contributed by atoms with van der Waals surface area (Å²) in [7, 11) is 2.95. The largest absolute Gasteiger partial charge is 0.497 e. The minimum absolute atomic E-state index is 0.0660. The molecule has 1 amide bonds. The van der Waals surface area contributed by atoms with Crippen LogP contribution in [0, 0.1) is 0 Å². The number of esters is 1. The van der Waals surface area contributed by atoms with E-state index in [1.54, 1.807) is 18.3 Å². The molecule has 3 rings (SSSR count). The molecule has 1 atom stereocenters. The van der Waals surface area contributed by atoms with Gasteiger partial charge < -0.3 is 19.1 Å². The summed E-state index contributed by atoms with van der Waals surface area (Å²) < 4.78 is 15.6. The fourth-order valence-electron chi connectivity index (χ4n) is 3.39. The normalized spacial score (nSPS) is 14.6. The monoisotopic (exact) mass is 409 g/mol. The van der Waals surface area contributed by atoms with Crippen molar-refractivity contribution in [2.75, 3.05) is 20.8 Å². The molecule has 30 heavy (non-hydrogen) atoms. The maximum absolute atomic E-state index is 12.6. The molecule has 0 saturated heterocycles. The van der Waals surface area contributed by atoms with Crippen LogP contribution < -0.4 is 9.47 Å². The number of hydrogen-bond acceptors (Lipinski definition) is 6. The van der Waals surface area contributed by atoms with Crippen LogP contribution in [0.15, 0.2) is 48.7 Å². The van der Waals surface area contributed by atoms with Crippen molar-refractivity contribution in [2.24, 2.45) is 0 Å². The molecule has 7 nitrogen and oxygen atoms in total. The van der Waals surface area contributed by atoms with Gasteiger partial charge in [-0.2, -0.15) is 0 Å². The molecule has 0 radical (unpaired) electrons. The van der Waals surface area contributed by atoms with Crippen molar-refractivity contribution in [3.05, 3.63) is 65.4 Å². The van der Waals surface area contributed by atoms with Crippen LogP contribution in [0.3, 0.4) is 0 Å². The number of Topliss-reactive ketones (excluding diaryl/α,β-unsaturated/α-hetero) is 1. The number of carbonyl (C=O) groups excluding carboxylic acids is 3. The Labute approximate surface area is 174 Å². The molecule has 1 aliphatic rings. The number of hydrogen-bond donors (Lipinski definition) is 0. The van der Waals surface area contributed by atoms with Gasteiger partial charge in [-0.05, 0) is 35.4 Å². The highest BCUT2D eigenvalue weighted by atomic mass is 16.5. The number of ketones is 1. The summed E-state index contributed by atoms with van der Waals surface area (Å²) in [5.41, 5.74) is 2.05. The third kappa shape index (κ3) is 4.51. The van der Waals surface area contributed by atoms with E-state index in [0.29, 0.717) is 11.5 Å². The molecule has 0 aliphatic carbocycles. The number of methoxy groups -OCH3 is 2. The van der Waals surface area contributed by atoms with Gasteiger partial charge in [-0.15, -0.1) is 0 Å². The van der Waals surface area contributed by atoms with Crippen molar-refractivity contribution >= 4 is 23.7 Å². The fraction of sp³-hybridized carbons (Fsp3) is 0.261. The average molecular weight is 409 g/mol. The standard InChI is InChI=1S/C23H23NO6/c1-15(25)24-11-10-16-6-4-5-7-18(16)20(24)13-23(27)30-14-21(26)19-12-17(28-2)8-9-22(19)29-3/h4-12,20H,13-14H2,1-3H3/t20-/m1/s1. The highest BCUT2D eigenvalue weighted by Crippen LogP contribution is 2.33. The highest BCUT2D eigenvalue weighted by molar-refractivity contribution is 6.00. The van der Waals surface area contributed by atoms with Gasteiger partial charge in [0.15, 0.2) is 6.61 Å². The van der Waals surface area contributed by atoms with Gasteiger partial charge in [-0.25, -0.2) is 0 Å². The molecule has 2 aromatic carbocycles. The van der Waals surface area contributed by atoms with E-state index in [9.17, 15) is 14.4 Å². The first-order valence-corrected chi connectivity index (χ1v) is 9.41. The summed E-state index contributed by atoms with van der Waals surface area (Å²) in [4.78, 5) is 38.6. The number of fused-ring (bicyclic) bond motifs is 1. The van der Waals surface area contributed by atoms with Gasteiger partial charge in [0.05, 0.1) is 32.2 Å². The van der Waals surface area contributed by atoms with E-state index in [-0.39, 0.29) is 17.9 Å². The summed E-state index contributed by atoms with van der Waals surface area (Å²) in [6.45, 7) is 1.00. The molecular weight excluding hydrogens is 386 g/mol. The molecule has 156 valence electrons. The minimum Gasteiger partial charge on any atom is -0.497 e. The van der Waals surface area contributed by atoms with E-state index in [1.165, 1.54) is 32.1 Å². The zero-order chi connectivity index (χ0) is 21.7. The first kappa shape index (κ1) is 21.1. The van der Waals surface area contributed by atoms with Crippen molar-refractivity contribution in [1.82, 2.24) is 4.90 Å². The van der Waals surface area contributed by atoms with Gasteiger partial charge in [-0.3, -0.25) is 14.4 Å². The predicted octanol–water partition coefficient (Wildman–Crippen LogP) is 3.39. The Morgan fingerprint density at radius 1 is 1.03 bits per heavy atom. The molecule has 7 heteroatoms. The van der Waals surface area contributed by atoms with Crippen molar-refractivity contribution in [1.29, 1.82) is 0 Å². The van der Waals surface area contributed by atoms with E-state index in [0.717, 1.165) is 11.1 Å². The molecular formula is C23H23NO6. The van der Waals surface area contributed by atoms with E-state index < -0.39 is 24.4 Å². The van der Waals surface area contributed by atoms with Crippen molar-refractivity contribution in [2.45, 2.75) is 19.4 Å². The summed E-state index contributed by atoms with van der Waals surface area (Å²) in [6, 6.07) is 11.9. The highest BCUT2D eigenvalue weighted by Gasteiger charge is 2.29. The van der Waals surface area contributed by atoms with Crippen molar-refractivity contribution in [3.8, 4) is 11.5 Å². The molecule has 0 N–H and O–H groups in total. The molecule has 0 fully saturated rings. The van der Waals surface area contributed by atoms with Gasteiger partial charge in [0.1, 0.15) is 11.5 Å². The van der Waals surface area contributed by atoms with Gasteiger partial charge in [-0.1, -0.05) is 24.3 Å². The Balaban J connectivity index is 1.70. The lowest BCUT2D eigenvalue weighted by Gasteiger charge is -2.32. The quantitative estimate of drug-likeness (QED) is 0.515. The van der Waals surface area contributed by atoms with Crippen LogP contribution >= 0.6 is 0 Å². The van der Waals surface area contributed by atoms with Crippen LogP contribution in [-0.2, 0) is 14.3 Å². The van der Waals surface area contributed by atoms with Crippen LogP contribution in [0.5, 0.6) is 11.5 Å². The van der Waals surface area contributed by atoms with Crippen LogP contribution in [0.1, 0.15) is 40.9 Å². The van der Waals surface area contributed by atoms with Gasteiger partial charge in [0.2, 0.25) is 11.7 Å². The smallest absolute Gasteiger partial charge is 0.308 e. The Kier molecular flexibility index (Phi) is 6.51. The second kappa shape index (κ2) is 9.26. The number of ether oxygens (including phenoxy) is 3. The lowest BCUT2D eigenvalue weighted by atomic mass is 9.94. The zero-order valence-corrected chi connectivity index (χ0v) is 17.1. The first-order valence-electron chi connectivity index (χ1n) is 9.41. The molecule has 2 aromatic rings. The van der Waals surface area contributed by atoms with E-state index in [2.05, 4.69) is 0 Å². The first-order chi connectivity index (χ1) is 14.4. The number of benzene rings is 2. The molecule has 0 bridgehead atoms. The minimum atomic E-state index is -0.577. The van der Waals surface area contributed by atoms with Gasteiger partial charge in [0.25, 0.3) is 0 Å². The Bertz CT molecular complexity index is 997. The maximum atomic E-state index is 12.6. The topological polar surface area (TPSA) is 82.1 Å². The van der Waals surface area contributed by atoms with Gasteiger partial charge in [0, 0.05) is 13.1 Å². The van der Waals surface area contributed by atoms with Crippen molar-refractivity contribution in [3.63, 3.8) is 0 Å². The third-order valence-electron chi connectivity index (χ3n) is 4.90. The number of amides is 1. The molecule has 0 unspecified atom stereocenters. The average Bonchev–Trinajstić information content (AvgIpc) is 2.76. The van der Waals surface area contributed by atoms with Crippen molar-refractivity contribution < 1.29 is 28.6 Å². The van der Waals surface area contributed by atoms with E-state index >= 15 is 0 Å². The summed E-state index contributed by atoms with van der Waals surface area (Å²) in [5, 5.41) is 0. The third-order valence-corrected chi connectivity index (χ3v) is 4.90. The molecule has 0 saturated carbocycles. The second-order valence-corrected chi connectivity index (χ2v) is 6.74. The lowest BCUT2D eigenvalue weighted by Crippen LogP contribution is -2.32. The maximum Gasteiger partial charge on any atom is 0.308 e. The Morgan fingerprint density at radius 2 is 1.80 bits per heavy atom. The number of carbonyl (C=O) groups is 3. The van der Waals surface area contributed by atoms with Crippen LogP contribution in [-0.4, -0.2) is 43.4 Å². The Hall–Kier alpha value is -3.61. The predicted molar refractivity (Wildman–Crippen MR) is 110 cm³/mol. The number of rotatable bonds is 7. The second-order valence-electron chi connectivity index (χ2n) is 6.74. The van der Waals surface area contributed by atoms with E-state index in [1.807, 2.05) is 30.3 Å². The molecule has 1 aliphatic heterocycles. The summed E-state index contributed by atoms with van der Waals surface area (Å²) >= 11 is 0. The zero-order valence-electron chi connectivity index (χ0n) is 17.1. The molecule has 0 aromatic heterocycles. The molecule has 0 spiro atoms.